The Kier molecular flexibility index (Phi) is 4.49. The summed E-state index contributed by atoms with van der Waals surface area (Å²) in [6.45, 7) is 0. The van der Waals surface area contributed by atoms with E-state index >= 15 is 0 Å². The summed E-state index contributed by atoms with van der Waals surface area (Å²) < 4.78 is 13.2. The Labute approximate surface area is 158 Å². The normalized spacial score (nSPS) is 17.2. The molecule has 3 aromatic carbocycles. The molecular weight excluding hydrogens is 371 g/mol. The van der Waals surface area contributed by atoms with Gasteiger partial charge < -0.3 is 5.32 Å². The molecule has 6 heteroatoms. The number of fused-ring (bicyclic) bond motifs is 1. The van der Waals surface area contributed by atoms with Gasteiger partial charge >= 0.3 is 0 Å². The number of amides is 1. The molecule has 26 heavy (non-hydrogen) atoms. The Bertz CT molecular complexity index is 1090. The van der Waals surface area contributed by atoms with E-state index in [2.05, 4.69) is 10.3 Å². The van der Waals surface area contributed by atoms with E-state index in [1.807, 2.05) is 48.5 Å². The molecule has 3 aromatic rings. The van der Waals surface area contributed by atoms with Gasteiger partial charge in [0, 0.05) is 0 Å². The minimum Gasteiger partial charge on any atom is -0.300 e. The van der Waals surface area contributed by atoms with Crippen molar-refractivity contribution in [3.8, 4) is 0 Å². The molecule has 128 valence electrons. The predicted octanol–water partition coefficient (Wildman–Crippen LogP) is 5.52. The van der Waals surface area contributed by atoms with Crippen LogP contribution in [0.15, 0.2) is 70.6 Å². The molecule has 0 bridgehead atoms. The van der Waals surface area contributed by atoms with Crippen LogP contribution in [0.4, 0.5) is 10.1 Å². The second-order valence-electron chi connectivity index (χ2n) is 5.65. The van der Waals surface area contributed by atoms with E-state index in [-0.39, 0.29) is 10.9 Å². The van der Waals surface area contributed by atoms with Gasteiger partial charge in [-0.05, 0) is 52.4 Å². The van der Waals surface area contributed by atoms with Crippen LogP contribution < -0.4 is 5.32 Å². The summed E-state index contributed by atoms with van der Waals surface area (Å²) in [5, 5.41) is 5.34. The third-order valence-electron chi connectivity index (χ3n) is 3.89. The number of amidine groups is 1. The maximum Gasteiger partial charge on any atom is 0.264 e. The van der Waals surface area contributed by atoms with Crippen molar-refractivity contribution in [1.29, 1.82) is 0 Å². The van der Waals surface area contributed by atoms with Gasteiger partial charge in [-0.25, -0.2) is 9.38 Å². The molecule has 3 nitrogen and oxygen atoms in total. The number of nitrogens with zero attached hydrogens (tertiary/aromatic N) is 1. The van der Waals surface area contributed by atoms with E-state index in [1.54, 1.807) is 0 Å². The van der Waals surface area contributed by atoms with Crippen molar-refractivity contribution in [2.24, 2.45) is 4.99 Å². The lowest BCUT2D eigenvalue weighted by Crippen LogP contribution is -2.19. The summed E-state index contributed by atoms with van der Waals surface area (Å²) in [4.78, 5) is 17.1. The third-order valence-corrected chi connectivity index (χ3v) is 5.09. The molecule has 0 spiro atoms. The lowest BCUT2D eigenvalue weighted by molar-refractivity contribution is -0.115. The van der Waals surface area contributed by atoms with E-state index in [0.717, 1.165) is 16.3 Å². The second-order valence-corrected chi connectivity index (χ2v) is 7.09. The fraction of sp³-hybridized carbons (Fsp3) is 0. The van der Waals surface area contributed by atoms with Gasteiger partial charge in [0.2, 0.25) is 0 Å². The van der Waals surface area contributed by atoms with Crippen LogP contribution >= 0.6 is 23.4 Å². The van der Waals surface area contributed by atoms with Crippen LogP contribution in [0.5, 0.6) is 0 Å². The van der Waals surface area contributed by atoms with Gasteiger partial charge in [-0.3, -0.25) is 4.79 Å². The number of halogens is 2. The van der Waals surface area contributed by atoms with Gasteiger partial charge in [-0.2, -0.15) is 0 Å². The molecule has 0 unspecified atom stereocenters. The molecule has 1 heterocycles. The van der Waals surface area contributed by atoms with E-state index < -0.39 is 5.82 Å². The lowest BCUT2D eigenvalue weighted by atomic mass is 10.0. The standard InChI is InChI=1S/C20H12ClFN2OS/c21-16-11-14(8-9-17(16)22)23-20-24-19(25)18(26-20)10-13-6-3-5-12-4-1-2-7-15(12)13/h1-11H,(H,23,24,25)/b18-10+. The number of benzene rings is 3. The monoisotopic (exact) mass is 382 g/mol. The number of hydrogen-bond acceptors (Lipinski definition) is 3. The summed E-state index contributed by atoms with van der Waals surface area (Å²) in [5.74, 6) is -0.717. The largest absolute Gasteiger partial charge is 0.300 e. The average Bonchev–Trinajstić information content (AvgIpc) is 2.98. The molecule has 4 rings (SSSR count). The van der Waals surface area contributed by atoms with Crippen LogP contribution in [0.1, 0.15) is 5.56 Å². The smallest absolute Gasteiger partial charge is 0.264 e. The van der Waals surface area contributed by atoms with Crippen molar-refractivity contribution in [3.05, 3.63) is 82.0 Å². The highest BCUT2D eigenvalue weighted by Gasteiger charge is 2.24. The Morgan fingerprint density at radius 1 is 1.08 bits per heavy atom. The number of carbonyl (C=O) groups excluding carboxylic acids is 1. The van der Waals surface area contributed by atoms with E-state index in [9.17, 15) is 9.18 Å². The van der Waals surface area contributed by atoms with Gasteiger partial charge in [-0.1, -0.05) is 54.1 Å². The number of thioether (sulfide) groups is 1. The summed E-state index contributed by atoms with van der Waals surface area (Å²) in [6.07, 6.45) is 1.85. The number of rotatable bonds is 2. The average molecular weight is 383 g/mol. The highest BCUT2D eigenvalue weighted by molar-refractivity contribution is 8.18. The third kappa shape index (κ3) is 3.36. The van der Waals surface area contributed by atoms with Crippen LogP contribution in [0.25, 0.3) is 16.8 Å². The fourth-order valence-corrected chi connectivity index (χ4v) is 3.68. The van der Waals surface area contributed by atoms with Crippen molar-refractivity contribution in [2.75, 3.05) is 0 Å². The molecule has 0 aliphatic carbocycles. The topological polar surface area (TPSA) is 41.5 Å². The highest BCUT2D eigenvalue weighted by Crippen LogP contribution is 2.31. The van der Waals surface area contributed by atoms with Crippen molar-refractivity contribution in [3.63, 3.8) is 0 Å². The summed E-state index contributed by atoms with van der Waals surface area (Å²) >= 11 is 7.01. The van der Waals surface area contributed by atoms with E-state index in [0.29, 0.717) is 15.8 Å². The first-order valence-electron chi connectivity index (χ1n) is 7.82. The van der Waals surface area contributed by atoms with E-state index in [1.165, 1.54) is 30.0 Å². The molecule has 1 N–H and O–H groups in total. The minimum absolute atomic E-state index is 0.00676. The first-order valence-corrected chi connectivity index (χ1v) is 9.02. The molecule has 1 amide bonds. The Balaban J connectivity index is 1.66. The quantitative estimate of drug-likeness (QED) is 0.592. The zero-order valence-corrected chi connectivity index (χ0v) is 14.9. The maximum atomic E-state index is 13.2. The van der Waals surface area contributed by atoms with Gasteiger partial charge in [0.1, 0.15) is 5.82 Å². The number of aliphatic imine (C=N–C) groups is 1. The van der Waals surface area contributed by atoms with Crippen LogP contribution in [0.3, 0.4) is 0 Å². The van der Waals surface area contributed by atoms with E-state index in [4.69, 9.17) is 11.6 Å². The van der Waals surface area contributed by atoms with Crippen LogP contribution in [-0.4, -0.2) is 11.1 Å². The summed E-state index contributed by atoms with van der Waals surface area (Å²) in [5.41, 5.74) is 1.44. The predicted molar refractivity (Wildman–Crippen MR) is 106 cm³/mol. The minimum atomic E-state index is -0.504. The zero-order valence-electron chi connectivity index (χ0n) is 13.4. The Hall–Kier alpha value is -2.63. The Morgan fingerprint density at radius 2 is 1.88 bits per heavy atom. The van der Waals surface area contributed by atoms with Crippen molar-refractivity contribution < 1.29 is 9.18 Å². The lowest BCUT2D eigenvalue weighted by Gasteiger charge is -2.02. The molecule has 1 saturated heterocycles. The van der Waals surface area contributed by atoms with Crippen molar-refractivity contribution in [2.45, 2.75) is 0 Å². The van der Waals surface area contributed by atoms with Gasteiger partial charge in [0.25, 0.3) is 5.91 Å². The van der Waals surface area contributed by atoms with Crippen molar-refractivity contribution >= 4 is 57.0 Å². The van der Waals surface area contributed by atoms with Crippen LogP contribution in [0.2, 0.25) is 5.02 Å². The molecule has 0 aromatic heterocycles. The number of carbonyl (C=O) groups is 1. The maximum absolute atomic E-state index is 13.2. The highest BCUT2D eigenvalue weighted by atomic mass is 35.5. The zero-order chi connectivity index (χ0) is 18.1. The van der Waals surface area contributed by atoms with Crippen LogP contribution in [0, 0.1) is 5.82 Å². The second kappa shape index (κ2) is 6.94. The summed E-state index contributed by atoms with van der Waals surface area (Å²) in [7, 11) is 0. The van der Waals surface area contributed by atoms with Gasteiger partial charge in [0.05, 0.1) is 15.6 Å². The number of nitrogens with one attached hydrogen (secondary N) is 1. The van der Waals surface area contributed by atoms with Crippen molar-refractivity contribution in [1.82, 2.24) is 5.32 Å². The van der Waals surface area contributed by atoms with Gasteiger partial charge in [-0.15, -0.1) is 0 Å². The SMILES string of the molecule is O=C1NC(=Nc2ccc(F)c(Cl)c2)S/C1=C/c1cccc2ccccc12. The first kappa shape index (κ1) is 16.8. The molecule has 0 saturated carbocycles. The number of hydrogen-bond donors (Lipinski definition) is 1. The molecule has 1 fully saturated rings. The molecule has 0 radical (unpaired) electrons. The van der Waals surface area contributed by atoms with Crippen LogP contribution in [-0.2, 0) is 4.79 Å². The van der Waals surface area contributed by atoms with Gasteiger partial charge in [0.15, 0.2) is 5.17 Å². The molecular formula is C20H12ClFN2OS. The Morgan fingerprint density at radius 3 is 2.73 bits per heavy atom. The fourth-order valence-electron chi connectivity index (χ4n) is 2.67. The summed E-state index contributed by atoms with van der Waals surface area (Å²) in [6, 6.07) is 18.1. The molecule has 1 aliphatic rings. The first-order chi connectivity index (χ1) is 12.6. The molecule has 1 aliphatic heterocycles. The molecule has 0 atom stereocenters.